The number of hydrogen-bond acceptors (Lipinski definition) is 7. The number of thioether (sulfide) groups is 1. The molecule has 1 unspecified atom stereocenters. The van der Waals surface area contributed by atoms with Gasteiger partial charge in [0.15, 0.2) is 15.6 Å². The molecule has 170 valence electrons. The number of thiophene rings is 1. The van der Waals surface area contributed by atoms with Gasteiger partial charge in [-0.1, -0.05) is 6.42 Å². The van der Waals surface area contributed by atoms with E-state index in [0.717, 1.165) is 28.2 Å². The number of carbonyl (C=O) groups is 2. The molecule has 1 aliphatic rings. The minimum Gasteiger partial charge on any atom is -0.388 e. The van der Waals surface area contributed by atoms with Gasteiger partial charge >= 0.3 is 0 Å². The SMILES string of the molecule is CSc1sc(C(=O)NCC(=O)CCCCCS(=O)(=O)C(C)(C)C)c2c1C(O)CCC2. The normalized spacial score (nSPS) is 16.9. The predicted molar refractivity (Wildman–Crippen MR) is 123 cm³/mol. The smallest absolute Gasteiger partial charge is 0.262 e. The van der Waals surface area contributed by atoms with Crippen LogP contribution in [0, 0.1) is 0 Å². The minimum absolute atomic E-state index is 0.0249. The fourth-order valence-electron chi connectivity index (χ4n) is 3.44. The standard InChI is InChI=1S/C21H33NO5S3/c1-21(2,3)30(26,27)12-7-5-6-9-14(23)13-22-19(25)18-15-10-8-11-16(24)17(15)20(28-4)29-18/h16,24H,5-13H2,1-4H3,(H,22,25). The van der Waals surface area contributed by atoms with Gasteiger partial charge in [0.25, 0.3) is 5.91 Å². The van der Waals surface area contributed by atoms with Gasteiger partial charge in [-0.05, 0) is 64.7 Å². The third kappa shape index (κ3) is 6.31. The number of fused-ring (bicyclic) bond motifs is 1. The lowest BCUT2D eigenvalue weighted by molar-refractivity contribution is -0.118. The van der Waals surface area contributed by atoms with E-state index in [-0.39, 0.29) is 24.0 Å². The fraction of sp³-hybridized carbons (Fsp3) is 0.714. The van der Waals surface area contributed by atoms with Gasteiger partial charge in [0, 0.05) is 12.0 Å². The van der Waals surface area contributed by atoms with Gasteiger partial charge in [0.2, 0.25) is 0 Å². The van der Waals surface area contributed by atoms with Crippen LogP contribution in [0.25, 0.3) is 0 Å². The van der Waals surface area contributed by atoms with E-state index >= 15 is 0 Å². The van der Waals surface area contributed by atoms with Crippen molar-refractivity contribution in [2.45, 2.75) is 80.8 Å². The first kappa shape index (κ1) is 25.4. The number of aliphatic hydroxyl groups excluding tert-OH is 1. The Kier molecular flexibility index (Phi) is 8.97. The molecule has 2 rings (SSSR count). The zero-order valence-corrected chi connectivity index (χ0v) is 20.7. The molecule has 0 spiro atoms. The van der Waals surface area contributed by atoms with E-state index in [1.165, 1.54) is 23.1 Å². The molecular weight excluding hydrogens is 442 g/mol. The van der Waals surface area contributed by atoms with E-state index in [1.807, 2.05) is 6.26 Å². The Morgan fingerprint density at radius 1 is 1.23 bits per heavy atom. The Morgan fingerprint density at radius 2 is 1.93 bits per heavy atom. The summed E-state index contributed by atoms with van der Waals surface area (Å²) in [5.74, 6) is -0.179. The summed E-state index contributed by atoms with van der Waals surface area (Å²) in [5, 5.41) is 13.0. The highest BCUT2D eigenvalue weighted by atomic mass is 32.2. The highest BCUT2D eigenvalue weighted by Crippen LogP contribution is 2.43. The number of carbonyl (C=O) groups excluding carboxylic acids is 2. The van der Waals surface area contributed by atoms with Crippen LogP contribution in [0.5, 0.6) is 0 Å². The molecule has 1 aliphatic carbocycles. The number of rotatable bonds is 10. The Bertz CT molecular complexity index is 868. The number of Topliss-reactive ketones (excluding diaryl/α,β-unsaturated/α-hetero) is 1. The van der Waals surface area contributed by atoms with E-state index in [9.17, 15) is 23.1 Å². The summed E-state index contributed by atoms with van der Waals surface area (Å²) in [6, 6.07) is 0. The van der Waals surface area contributed by atoms with Gasteiger partial charge in [-0.25, -0.2) is 8.42 Å². The number of ketones is 1. The van der Waals surface area contributed by atoms with Gasteiger partial charge in [-0.3, -0.25) is 9.59 Å². The zero-order chi connectivity index (χ0) is 22.5. The minimum atomic E-state index is -3.12. The molecule has 0 radical (unpaired) electrons. The second-order valence-corrected chi connectivity index (χ2v) is 13.6. The van der Waals surface area contributed by atoms with Crippen LogP contribution >= 0.6 is 23.1 Å². The van der Waals surface area contributed by atoms with Crippen molar-refractivity contribution >= 4 is 44.6 Å². The van der Waals surface area contributed by atoms with E-state index in [1.54, 1.807) is 20.8 Å². The Morgan fingerprint density at radius 3 is 2.57 bits per heavy atom. The van der Waals surface area contributed by atoms with Crippen LogP contribution in [0.15, 0.2) is 4.21 Å². The quantitative estimate of drug-likeness (QED) is 0.393. The van der Waals surface area contributed by atoms with Crippen LogP contribution in [-0.4, -0.2) is 48.5 Å². The molecule has 1 atom stereocenters. The molecule has 1 heterocycles. The summed E-state index contributed by atoms with van der Waals surface area (Å²) >= 11 is 2.93. The summed E-state index contributed by atoms with van der Waals surface area (Å²) in [5.41, 5.74) is 1.81. The maximum Gasteiger partial charge on any atom is 0.262 e. The maximum atomic E-state index is 12.6. The second-order valence-electron chi connectivity index (χ2n) is 8.69. The molecule has 1 amide bonds. The average Bonchev–Trinajstić information content (AvgIpc) is 3.05. The van der Waals surface area contributed by atoms with E-state index in [2.05, 4.69) is 5.32 Å². The average molecular weight is 476 g/mol. The van der Waals surface area contributed by atoms with E-state index < -0.39 is 20.7 Å². The molecule has 6 nitrogen and oxygen atoms in total. The first-order chi connectivity index (χ1) is 14.0. The van der Waals surface area contributed by atoms with Crippen LogP contribution in [0.4, 0.5) is 0 Å². The molecule has 0 saturated carbocycles. The lowest BCUT2D eigenvalue weighted by Crippen LogP contribution is -2.30. The van der Waals surface area contributed by atoms with Crippen LogP contribution in [0.2, 0.25) is 0 Å². The monoisotopic (exact) mass is 475 g/mol. The molecule has 0 saturated heterocycles. The topological polar surface area (TPSA) is 101 Å². The van der Waals surface area contributed by atoms with Crippen LogP contribution in [0.1, 0.15) is 86.2 Å². The molecule has 30 heavy (non-hydrogen) atoms. The molecule has 9 heteroatoms. The third-order valence-electron chi connectivity index (χ3n) is 5.39. The number of amides is 1. The summed E-state index contributed by atoms with van der Waals surface area (Å²) in [4.78, 5) is 25.4. The number of aliphatic hydroxyl groups is 1. The highest BCUT2D eigenvalue weighted by molar-refractivity contribution is 8.00. The first-order valence-corrected chi connectivity index (χ1v) is 14.1. The van der Waals surface area contributed by atoms with Gasteiger partial charge in [-0.15, -0.1) is 23.1 Å². The van der Waals surface area contributed by atoms with Gasteiger partial charge < -0.3 is 10.4 Å². The second kappa shape index (κ2) is 10.6. The highest BCUT2D eigenvalue weighted by Gasteiger charge is 2.30. The molecule has 0 aromatic carbocycles. The van der Waals surface area contributed by atoms with E-state index in [0.29, 0.717) is 37.0 Å². The Hall–Kier alpha value is -0.900. The third-order valence-corrected chi connectivity index (χ3v) is 10.5. The van der Waals surface area contributed by atoms with Crippen molar-refractivity contribution in [1.82, 2.24) is 5.32 Å². The summed E-state index contributed by atoms with van der Waals surface area (Å²) in [6.45, 7) is 5.06. The molecular formula is C21H33NO5S3. The number of unbranched alkanes of at least 4 members (excludes halogenated alkanes) is 2. The van der Waals surface area contributed by atoms with Crippen LogP contribution in [0.3, 0.4) is 0 Å². The van der Waals surface area contributed by atoms with Crippen molar-refractivity contribution in [2.24, 2.45) is 0 Å². The van der Waals surface area contributed by atoms with Crippen LogP contribution in [-0.2, 0) is 21.1 Å². The van der Waals surface area contributed by atoms with Crippen molar-refractivity contribution in [3.05, 3.63) is 16.0 Å². The number of hydrogen-bond donors (Lipinski definition) is 2. The molecule has 1 aromatic rings. The summed E-state index contributed by atoms with van der Waals surface area (Å²) in [7, 11) is -3.12. The van der Waals surface area contributed by atoms with Crippen molar-refractivity contribution in [3.63, 3.8) is 0 Å². The molecule has 2 N–H and O–H groups in total. The van der Waals surface area contributed by atoms with E-state index in [4.69, 9.17) is 0 Å². The van der Waals surface area contributed by atoms with Crippen molar-refractivity contribution < 1.29 is 23.1 Å². The molecule has 0 fully saturated rings. The number of sulfone groups is 1. The summed E-state index contributed by atoms with van der Waals surface area (Å²) < 4.78 is 24.4. The summed E-state index contributed by atoms with van der Waals surface area (Å²) in [6.07, 6.45) is 5.92. The Balaban J connectivity index is 1.79. The molecule has 0 bridgehead atoms. The first-order valence-electron chi connectivity index (χ1n) is 10.4. The largest absolute Gasteiger partial charge is 0.388 e. The zero-order valence-electron chi connectivity index (χ0n) is 18.2. The Labute approximate surface area is 188 Å². The van der Waals surface area contributed by atoms with Crippen LogP contribution < -0.4 is 5.32 Å². The predicted octanol–water partition coefficient (Wildman–Crippen LogP) is 3.91. The van der Waals surface area contributed by atoms with Gasteiger partial charge in [-0.2, -0.15) is 0 Å². The fourth-order valence-corrected chi connectivity index (χ4v) is 6.75. The number of nitrogens with one attached hydrogen (secondary N) is 1. The van der Waals surface area contributed by atoms with Gasteiger partial charge in [0.05, 0.1) is 32.2 Å². The van der Waals surface area contributed by atoms with Crippen molar-refractivity contribution in [3.8, 4) is 0 Å². The lowest BCUT2D eigenvalue weighted by Gasteiger charge is -2.19. The van der Waals surface area contributed by atoms with Crippen molar-refractivity contribution in [1.29, 1.82) is 0 Å². The molecule has 0 aliphatic heterocycles. The lowest BCUT2D eigenvalue weighted by atomic mass is 9.91. The van der Waals surface area contributed by atoms with Crippen molar-refractivity contribution in [2.75, 3.05) is 18.6 Å². The van der Waals surface area contributed by atoms with Gasteiger partial charge in [0.1, 0.15) is 0 Å². The maximum absolute atomic E-state index is 12.6. The molecule has 1 aromatic heterocycles.